The molecule has 1 atom stereocenters. The third-order valence-corrected chi connectivity index (χ3v) is 5.36. The molecule has 0 aliphatic carbocycles. The summed E-state index contributed by atoms with van der Waals surface area (Å²) < 4.78 is 7.66. The van der Waals surface area contributed by atoms with Gasteiger partial charge in [-0.2, -0.15) is 0 Å². The second-order valence-corrected chi connectivity index (χ2v) is 6.57. The van der Waals surface area contributed by atoms with E-state index in [-0.39, 0.29) is 16.0 Å². The zero-order valence-corrected chi connectivity index (χ0v) is 14.8. The summed E-state index contributed by atoms with van der Waals surface area (Å²) in [4.78, 5) is 11.2. The highest BCUT2D eigenvalue weighted by atomic mass is 16.6. The van der Waals surface area contributed by atoms with Gasteiger partial charge in [0.1, 0.15) is 0 Å². The van der Waals surface area contributed by atoms with E-state index in [1.165, 1.54) is 0 Å². The van der Waals surface area contributed by atoms with E-state index in [1.807, 2.05) is 18.2 Å². The van der Waals surface area contributed by atoms with Gasteiger partial charge in [-0.15, -0.1) is 6.58 Å². The maximum absolute atomic E-state index is 11.6. The number of nitro groups is 1. The molecule has 2 heterocycles. The van der Waals surface area contributed by atoms with Crippen molar-refractivity contribution in [3.05, 3.63) is 64.5 Å². The molecular weight excluding hydrogens is 316 g/mol. The average Bonchev–Trinajstić information content (AvgIpc) is 3.01. The van der Waals surface area contributed by atoms with Crippen molar-refractivity contribution in [1.29, 1.82) is 0 Å². The first-order valence-corrected chi connectivity index (χ1v) is 8.67. The Hall–Kier alpha value is -2.40. The second-order valence-electron chi connectivity index (χ2n) is 6.57. The minimum Gasteiger partial charge on any atom is -0.378 e. The first-order chi connectivity index (χ1) is 12.1. The fourth-order valence-corrected chi connectivity index (χ4v) is 4.09. The summed E-state index contributed by atoms with van der Waals surface area (Å²) in [6.45, 7) is 7.65. The number of nitro benzene ring substituents is 1. The van der Waals surface area contributed by atoms with Crippen LogP contribution < -0.4 is 0 Å². The van der Waals surface area contributed by atoms with Crippen molar-refractivity contribution in [2.24, 2.45) is 0 Å². The summed E-state index contributed by atoms with van der Waals surface area (Å²) in [6.07, 6.45) is 5.01. The largest absolute Gasteiger partial charge is 0.378 e. The molecule has 0 N–H and O–H groups in total. The van der Waals surface area contributed by atoms with Crippen molar-refractivity contribution in [3.8, 4) is 11.1 Å². The van der Waals surface area contributed by atoms with E-state index in [0.29, 0.717) is 12.2 Å². The Morgan fingerprint density at radius 1 is 1.40 bits per heavy atom. The standard InChI is InChI=1S/C20H24N2O3/c1-4-20(5-2)11-8-12-21-15(14-25-3)13-17(19(20)21)16-9-6-7-10-18(16)22(23)24/h4,6-7,9-10,13H,1,5,8,11-12,14H2,2-3H3. The lowest BCUT2D eigenvalue weighted by molar-refractivity contribution is -0.384. The van der Waals surface area contributed by atoms with Crippen LogP contribution in [0.1, 0.15) is 37.6 Å². The molecule has 0 saturated heterocycles. The molecule has 0 spiro atoms. The fourth-order valence-electron chi connectivity index (χ4n) is 4.09. The van der Waals surface area contributed by atoms with Crippen LogP contribution in [0, 0.1) is 10.1 Å². The predicted molar refractivity (Wildman–Crippen MR) is 98.6 cm³/mol. The topological polar surface area (TPSA) is 57.3 Å². The number of ether oxygens (including phenoxy) is 1. The number of benzene rings is 1. The first kappa shape index (κ1) is 17.4. The van der Waals surface area contributed by atoms with Gasteiger partial charge in [0.05, 0.1) is 17.1 Å². The van der Waals surface area contributed by atoms with Crippen molar-refractivity contribution in [2.45, 2.75) is 44.8 Å². The minimum atomic E-state index is -0.306. The average molecular weight is 340 g/mol. The highest BCUT2D eigenvalue weighted by molar-refractivity contribution is 5.77. The van der Waals surface area contributed by atoms with Crippen LogP contribution in [0.15, 0.2) is 43.0 Å². The predicted octanol–water partition coefficient (Wildman–Crippen LogP) is 4.84. The normalized spacial score (nSPS) is 19.4. The molecule has 0 bridgehead atoms. The summed E-state index contributed by atoms with van der Waals surface area (Å²) in [6, 6.07) is 9.02. The van der Waals surface area contributed by atoms with Gasteiger partial charge in [-0.1, -0.05) is 25.1 Å². The van der Waals surface area contributed by atoms with Gasteiger partial charge in [-0.3, -0.25) is 10.1 Å². The summed E-state index contributed by atoms with van der Waals surface area (Å²) >= 11 is 0. The lowest BCUT2D eigenvalue weighted by Gasteiger charge is -2.37. The molecule has 3 rings (SSSR count). The third-order valence-electron chi connectivity index (χ3n) is 5.36. The van der Waals surface area contributed by atoms with Crippen LogP contribution in [0.2, 0.25) is 0 Å². The van der Waals surface area contributed by atoms with E-state index in [4.69, 9.17) is 4.74 Å². The third kappa shape index (κ3) is 2.78. The van der Waals surface area contributed by atoms with Crippen LogP contribution >= 0.6 is 0 Å². The Morgan fingerprint density at radius 2 is 2.16 bits per heavy atom. The van der Waals surface area contributed by atoms with Crippen molar-refractivity contribution >= 4 is 5.69 Å². The minimum absolute atomic E-state index is 0.138. The molecule has 25 heavy (non-hydrogen) atoms. The molecule has 1 aliphatic rings. The molecule has 2 aromatic rings. The van der Waals surface area contributed by atoms with E-state index in [0.717, 1.165) is 42.8 Å². The first-order valence-electron chi connectivity index (χ1n) is 8.67. The van der Waals surface area contributed by atoms with Gasteiger partial charge in [-0.25, -0.2) is 0 Å². The monoisotopic (exact) mass is 340 g/mol. The Labute approximate surface area is 148 Å². The maximum Gasteiger partial charge on any atom is 0.277 e. The van der Waals surface area contributed by atoms with E-state index < -0.39 is 0 Å². The Bertz CT molecular complexity index is 809. The van der Waals surface area contributed by atoms with Gasteiger partial charge in [0, 0.05) is 42.1 Å². The molecule has 0 amide bonds. The zero-order valence-electron chi connectivity index (χ0n) is 14.8. The van der Waals surface area contributed by atoms with E-state index in [1.54, 1.807) is 19.2 Å². The van der Waals surface area contributed by atoms with Crippen LogP contribution in [-0.4, -0.2) is 16.6 Å². The van der Waals surface area contributed by atoms with Crippen LogP contribution in [0.25, 0.3) is 11.1 Å². The molecule has 5 nitrogen and oxygen atoms in total. The summed E-state index contributed by atoms with van der Waals surface area (Å²) in [5.41, 5.74) is 3.77. The molecule has 1 aliphatic heterocycles. The molecule has 5 heteroatoms. The Morgan fingerprint density at radius 3 is 2.80 bits per heavy atom. The van der Waals surface area contributed by atoms with Gasteiger partial charge in [0.25, 0.3) is 5.69 Å². The van der Waals surface area contributed by atoms with Gasteiger partial charge < -0.3 is 9.30 Å². The molecular formula is C20H24N2O3. The van der Waals surface area contributed by atoms with Crippen molar-refractivity contribution in [1.82, 2.24) is 4.57 Å². The molecule has 0 saturated carbocycles. The van der Waals surface area contributed by atoms with Gasteiger partial charge in [0.15, 0.2) is 0 Å². The molecule has 0 fully saturated rings. The highest BCUT2D eigenvalue weighted by Crippen LogP contribution is 2.46. The van der Waals surface area contributed by atoms with E-state index >= 15 is 0 Å². The number of hydrogen-bond donors (Lipinski definition) is 0. The number of hydrogen-bond acceptors (Lipinski definition) is 3. The fraction of sp³-hybridized carbons (Fsp3) is 0.400. The van der Waals surface area contributed by atoms with Crippen molar-refractivity contribution in [3.63, 3.8) is 0 Å². The van der Waals surface area contributed by atoms with Crippen molar-refractivity contribution in [2.75, 3.05) is 7.11 Å². The number of nitrogens with zero attached hydrogens (tertiary/aromatic N) is 2. The molecule has 1 aromatic carbocycles. The number of fused-ring (bicyclic) bond motifs is 1. The van der Waals surface area contributed by atoms with Crippen LogP contribution in [-0.2, 0) is 23.3 Å². The van der Waals surface area contributed by atoms with Crippen molar-refractivity contribution < 1.29 is 9.66 Å². The maximum atomic E-state index is 11.6. The summed E-state index contributed by atoms with van der Waals surface area (Å²) in [7, 11) is 1.67. The van der Waals surface area contributed by atoms with Crippen LogP contribution in [0.3, 0.4) is 0 Å². The molecule has 0 radical (unpaired) electrons. The van der Waals surface area contributed by atoms with Gasteiger partial charge in [-0.05, 0) is 31.4 Å². The van der Waals surface area contributed by atoms with E-state index in [2.05, 4.69) is 24.1 Å². The molecule has 1 aromatic heterocycles. The zero-order chi connectivity index (χ0) is 18.0. The van der Waals surface area contributed by atoms with Crippen LogP contribution in [0.5, 0.6) is 0 Å². The lowest BCUT2D eigenvalue weighted by atomic mass is 9.73. The van der Waals surface area contributed by atoms with Gasteiger partial charge >= 0.3 is 0 Å². The molecule has 132 valence electrons. The van der Waals surface area contributed by atoms with E-state index in [9.17, 15) is 10.1 Å². The smallest absolute Gasteiger partial charge is 0.277 e. The summed E-state index contributed by atoms with van der Waals surface area (Å²) in [5, 5.41) is 11.6. The quantitative estimate of drug-likeness (QED) is 0.429. The van der Waals surface area contributed by atoms with Crippen LogP contribution in [0.4, 0.5) is 5.69 Å². The SMILES string of the molecule is C=CC1(CC)CCCn2c(COC)cc(-c3ccccc3[N+](=O)[O-])c21. The summed E-state index contributed by atoms with van der Waals surface area (Å²) in [5.74, 6) is 0. The number of aromatic nitrogens is 1. The number of rotatable bonds is 6. The Kier molecular flexibility index (Phi) is 4.77. The number of methoxy groups -OCH3 is 1. The number of allylic oxidation sites excluding steroid dienone is 1. The second kappa shape index (κ2) is 6.84. The molecule has 1 unspecified atom stereocenters. The number of para-hydroxylation sites is 1. The Balaban J connectivity index is 2.32. The highest BCUT2D eigenvalue weighted by Gasteiger charge is 2.38. The lowest BCUT2D eigenvalue weighted by Crippen LogP contribution is -2.32. The van der Waals surface area contributed by atoms with Gasteiger partial charge in [0.2, 0.25) is 0 Å².